The van der Waals surface area contributed by atoms with Gasteiger partial charge in [-0.05, 0) is 55.2 Å². The molecule has 4 rings (SSSR count). The number of pyridine rings is 1. The highest BCUT2D eigenvalue weighted by Gasteiger charge is 2.48. The number of ether oxygens (including phenoxy) is 1. The lowest BCUT2D eigenvalue weighted by Crippen LogP contribution is -2.62. The number of aliphatic carboxylic acids is 1. The Hall–Kier alpha value is -4.68. The van der Waals surface area contributed by atoms with Gasteiger partial charge in [0.2, 0.25) is 0 Å². The van der Waals surface area contributed by atoms with Gasteiger partial charge >= 0.3 is 30.6 Å². The van der Waals surface area contributed by atoms with Crippen LogP contribution in [0.2, 0.25) is 0 Å². The maximum atomic E-state index is 13.9. The van der Waals surface area contributed by atoms with E-state index in [9.17, 15) is 49.1 Å². The zero-order chi connectivity index (χ0) is 37.4. The van der Waals surface area contributed by atoms with Gasteiger partial charge in [0.1, 0.15) is 17.2 Å². The van der Waals surface area contributed by atoms with Crippen molar-refractivity contribution in [3.05, 3.63) is 76.1 Å². The highest BCUT2D eigenvalue weighted by atomic mass is 19.4. The Morgan fingerprint density at radius 2 is 1.62 bits per heavy atom. The van der Waals surface area contributed by atoms with Gasteiger partial charge < -0.3 is 20.5 Å². The van der Waals surface area contributed by atoms with Crippen molar-refractivity contribution in [1.29, 1.82) is 0 Å². The second-order valence-corrected chi connectivity index (χ2v) is 11.8. The highest BCUT2D eigenvalue weighted by molar-refractivity contribution is 5.91. The van der Waals surface area contributed by atoms with E-state index < -0.39 is 71.0 Å². The molecular formula is C31H31F9N6O4. The standard InChI is InChI=1S/C31H31F9N6O4/c1-4-28(41)14-19(25-21(7-8-23(44-25)31(38,39)40)46(28)27(49)50-9-5-6-24(47)48)26-42-15-22(45(2)3)20(43-26)12-16-10-17(29(32,33)34)13-18(11-16)30(35,36)37/h7-8,10-11,13,15,19H,4-6,9,12,14,41H2,1-3H3,(H,47,48)/t19-,28+/m0/s1. The van der Waals surface area contributed by atoms with E-state index in [1.54, 1.807) is 6.92 Å². The molecule has 3 aromatic rings. The normalized spacial score (nSPS) is 18.1. The lowest BCUT2D eigenvalue weighted by Gasteiger charge is -2.46. The number of anilines is 2. The number of carbonyl (C=O) groups excluding carboxylic acids is 1. The third kappa shape index (κ3) is 8.36. The van der Waals surface area contributed by atoms with Crippen LogP contribution in [0.25, 0.3) is 0 Å². The molecule has 0 radical (unpaired) electrons. The maximum absolute atomic E-state index is 13.9. The molecule has 272 valence electrons. The van der Waals surface area contributed by atoms with E-state index in [0.717, 1.165) is 11.0 Å². The van der Waals surface area contributed by atoms with Gasteiger partial charge in [0, 0.05) is 26.9 Å². The largest absolute Gasteiger partial charge is 0.481 e. The molecule has 3 heterocycles. The van der Waals surface area contributed by atoms with Gasteiger partial charge in [-0.15, -0.1) is 0 Å². The Kier molecular flexibility index (Phi) is 10.6. The number of rotatable bonds is 9. The molecule has 0 unspecified atom stereocenters. The third-order valence-electron chi connectivity index (χ3n) is 8.00. The molecular weight excluding hydrogens is 691 g/mol. The van der Waals surface area contributed by atoms with Crippen molar-refractivity contribution in [2.75, 3.05) is 30.5 Å². The Morgan fingerprint density at radius 1 is 1.00 bits per heavy atom. The quantitative estimate of drug-likeness (QED) is 0.177. The van der Waals surface area contributed by atoms with Crippen LogP contribution >= 0.6 is 0 Å². The van der Waals surface area contributed by atoms with Gasteiger partial charge in [-0.25, -0.2) is 19.7 Å². The van der Waals surface area contributed by atoms with Crippen LogP contribution in [0.4, 0.5) is 55.7 Å². The van der Waals surface area contributed by atoms with Gasteiger partial charge in [-0.2, -0.15) is 39.5 Å². The molecule has 10 nitrogen and oxygen atoms in total. The van der Waals surface area contributed by atoms with Crippen molar-refractivity contribution in [1.82, 2.24) is 15.0 Å². The third-order valence-corrected chi connectivity index (χ3v) is 8.00. The first kappa shape index (κ1) is 38.1. The molecule has 2 aromatic heterocycles. The number of nitrogens with zero attached hydrogens (tertiary/aromatic N) is 5. The SMILES string of the molecule is CC[C@]1(N)C[C@H](c2ncc(N(C)C)c(Cc3cc(C(F)(F)F)cc(C(F)(F)F)c3)n2)c2nc(C(F)(F)F)ccc2N1C(=O)OCCCC(=O)O. The van der Waals surface area contributed by atoms with E-state index in [1.807, 2.05) is 0 Å². The summed E-state index contributed by atoms with van der Waals surface area (Å²) >= 11 is 0. The molecule has 2 atom stereocenters. The van der Waals surface area contributed by atoms with Crippen LogP contribution in [0.3, 0.4) is 0 Å². The number of alkyl halides is 9. The molecule has 1 aliphatic heterocycles. The predicted molar refractivity (Wildman–Crippen MR) is 159 cm³/mol. The Balaban J connectivity index is 1.86. The van der Waals surface area contributed by atoms with E-state index in [0.29, 0.717) is 18.2 Å². The fourth-order valence-electron chi connectivity index (χ4n) is 5.51. The number of hydrogen-bond acceptors (Lipinski definition) is 8. The first-order valence-electron chi connectivity index (χ1n) is 14.9. The zero-order valence-corrected chi connectivity index (χ0v) is 26.7. The number of halogens is 9. The molecule has 0 saturated carbocycles. The van der Waals surface area contributed by atoms with Gasteiger partial charge in [0.05, 0.1) is 52.6 Å². The van der Waals surface area contributed by atoms with Crippen LogP contribution in [-0.4, -0.2) is 58.5 Å². The number of fused-ring (bicyclic) bond motifs is 1. The number of nitrogens with two attached hydrogens (primary N) is 1. The minimum absolute atomic E-state index is 0.00127. The lowest BCUT2D eigenvalue weighted by atomic mass is 9.83. The van der Waals surface area contributed by atoms with Crippen LogP contribution in [0.15, 0.2) is 36.5 Å². The second kappa shape index (κ2) is 13.9. The van der Waals surface area contributed by atoms with Crippen molar-refractivity contribution in [3.8, 4) is 0 Å². The number of carboxylic acids is 1. The molecule has 1 amide bonds. The second-order valence-electron chi connectivity index (χ2n) is 11.8. The van der Waals surface area contributed by atoms with Gasteiger partial charge in [-0.1, -0.05) is 6.92 Å². The van der Waals surface area contributed by atoms with Gasteiger partial charge in [0.15, 0.2) is 0 Å². The average molecular weight is 723 g/mol. The Labute approximate surface area is 279 Å². The van der Waals surface area contributed by atoms with Crippen LogP contribution in [-0.2, 0) is 34.5 Å². The topological polar surface area (TPSA) is 135 Å². The molecule has 0 saturated heterocycles. The summed E-state index contributed by atoms with van der Waals surface area (Å²) in [4.78, 5) is 39.1. The number of carboxylic acid groups (broad SMARTS) is 1. The summed E-state index contributed by atoms with van der Waals surface area (Å²) in [6.45, 7) is 1.23. The van der Waals surface area contributed by atoms with Crippen molar-refractivity contribution in [2.45, 2.75) is 69.1 Å². The first-order chi connectivity index (χ1) is 23.0. The maximum Gasteiger partial charge on any atom is 0.433 e. The molecule has 3 N–H and O–H groups in total. The van der Waals surface area contributed by atoms with Crippen molar-refractivity contribution < 1.29 is 58.9 Å². The summed E-state index contributed by atoms with van der Waals surface area (Å²) in [7, 11) is 3.04. The molecule has 0 fully saturated rings. The van der Waals surface area contributed by atoms with E-state index in [2.05, 4.69) is 15.0 Å². The minimum atomic E-state index is -5.11. The molecule has 0 spiro atoms. The molecule has 0 aliphatic carbocycles. The molecule has 19 heteroatoms. The lowest BCUT2D eigenvalue weighted by molar-refractivity contribution is -0.143. The van der Waals surface area contributed by atoms with E-state index in [4.69, 9.17) is 15.6 Å². The van der Waals surface area contributed by atoms with Gasteiger partial charge in [0.25, 0.3) is 0 Å². The predicted octanol–water partition coefficient (Wildman–Crippen LogP) is 6.99. The van der Waals surface area contributed by atoms with E-state index in [1.165, 1.54) is 25.2 Å². The molecule has 1 aliphatic rings. The van der Waals surface area contributed by atoms with Crippen LogP contribution in [0.1, 0.15) is 78.1 Å². The van der Waals surface area contributed by atoms with Crippen LogP contribution < -0.4 is 15.5 Å². The number of benzene rings is 1. The summed E-state index contributed by atoms with van der Waals surface area (Å²) in [5.74, 6) is -2.61. The smallest absolute Gasteiger partial charge is 0.433 e. The summed E-state index contributed by atoms with van der Waals surface area (Å²) in [5, 5.41) is 8.87. The zero-order valence-electron chi connectivity index (χ0n) is 26.7. The first-order valence-corrected chi connectivity index (χ1v) is 14.9. The van der Waals surface area contributed by atoms with Crippen LogP contribution in [0.5, 0.6) is 0 Å². The highest BCUT2D eigenvalue weighted by Crippen LogP contribution is 2.46. The summed E-state index contributed by atoms with van der Waals surface area (Å²) in [6.07, 6.45) is -16.3. The molecule has 1 aromatic carbocycles. The average Bonchev–Trinajstić information content (AvgIpc) is 3.00. The van der Waals surface area contributed by atoms with Crippen LogP contribution in [0, 0.1) is 0 Å². The Morgan fingerprint density at radius 3 is 2.14 bits per heavy atom. The fraction of sp³-hybridized carbons (Fsp3) is 0.452. The molecule has 0 bridgehead atoms. The number of hydrogen-bond donors (Lipinski definition) is 2. The van der Waals surface area contributed by atoms with Crippen molar-refractivity contribution in [2.24, 2.45) is 5.73 Å². The summed E-state index contributed by atoms with van der Waals surface area (Å²) < 4.78 is 128. The van der Waals surface area contributed by atoms with Crippen molar-refractivity contribution >= 4 is 23.4 Å². The summed E-state index contributed by atoms with van der Waals surface area (Å²) in [5.41, 5.74) is -0.219. The van der Waals surface area contributed by atoms with E-state index in [-0.39, 0.29) is 66.9 Å². The fourth-order valence-corrected chi connectivity index (χ4v) is 5.51. The molecule has 50 heavy (non-hydrogen) atoms. The van der Waals surface area contributed by atoms with E-state index >= 15 is 0 Å². The van der Waals surface area contributed by atoms with Crippen molar-refractivity contribution in [3.63, 3.8) is 0 Å². The minimum Gasteiger partial charge on any atom is -0.481 e. The number of amides is 1. The Bertz CT molecular complexity index is 1710. The monoisotopic (exact) mass is 722 g/mol. The summed E-state index contributed by atoms with van der Waals surface area (Å²) in [6, 6.07) is 2.66. The number of carbonyl (C=O) groups is 2. The number of aromatic nitrogens is 3. The van der Waals surface area contributed by atoms with Gasteiger partial charge in [-0.3, -0.25) is 9.69 Å².